The Morgan fingerprint density at radius 2 is 2.00 bits per heavy atom. The highest BCUT2D eigenvalue weighted by molar-refractivity contribution is 6.33. The van der Waals surface area contributed by atoms with Gasteiger partial charge in [0, 0.05) is 11.6 Å². The molecule has 2 rings (SSSR count). The van der Waals surface area contributed by atoms with Crippen molar-refractivity contribution in [2.24, 2.45) is 0 Å². The van der Waals surface area contributed by atoms with E-state index < -0.39 is 0 Å². The fourth-order valence-electron chi connectivity index (χ4n) is 1.31. The van der Waals surface area contributed by atoms with Crippen LogP contribution in [0.5, 0.6) is 5.75 Å². The molecule has 0 atom stereocenters. The van der Waals surface area contributed by atoms with Crippen LogP contribution in [0.4, 0.5) is 0 Å². The molecule has 1 N–H and O–H groups in total. The van der Waals surface area contributed by atoms with Gasteiger partial charge in [-0.1, -0.05) is 41.9 Å². The normalized spacial score (nSPS) is 10.1. The molecule has 0 aliphatic rings. The van der Waals surface area contributed by atoms with Crippen LogP contribution in [0, 0.1) is 6.07 Å². The lowest BCUT2D eigenvalue weighted by Crippen LogP contribution is -1.78. The molecule has 0 aliphatic heterocycles. The summed E-state index contributed by atoms with van der Waals surface area (Å²) in [4.78, 5) is 0. The molecule has 0 bridgehead atoms. The minimum atomic E-state index is 0.238. The van der Waals surface area contributed by atoms with E-state index >= 15 is 0 Å². The van der Waals surface area contributed by atoms with Crippen molar-refractivity contribution in [3.63, 3.8) is 0 Å². The zero-order valence-corrected chi connectivity index (χ0v) is 8.12. The summed E-state index contributed by atoms with van der Waals surface area (Å²) < 4.78 is 0. The van der Waals surface area contributed by atoms with Crippen molar-refractivity contribution >= 4 is 11.6 Å². The third kappa shape index (κ3) is 1.73. The van der Waals surface area contributed by atoms with Gasteiger partial charge < -0.3 is 5.11 Å². The molecule has 0 heterocycles. The molecule has 0 spiro atoms. The van der Waals surface area contributed by atoms with E-state index in [4.69, 9.17) is 11.6 Å². The summed E-state index contributed by atoms with van der Waals surface area (Å²) in [6.07, 6.45) is 0. The SMILES string of the molecule is Oc1cccc(-c2ccc[c]c2Cl)c1. The molecule has 14 heavy (non-hydrogen) atoms. The Balaban J connectivity index is 2.55. The lowest BCUT2D eigenvalue weighted by molar-refractivity contribution is 0.475. The summed E-state index contributed by atoms with van der Waals surface area (Å²) in [6.45, 7) is 0. The first-order valence-electron chi connectivity index (χ1n) is 4.23. The standard InChI is InChI=1S/C12H8ClO/c13-12-7-2-1-6-11(12)9-4-3-5-10(14)8-9/h1-6,8,14H. The van der Waals surface area contributed by atoms with E-state index in [9.17, 15) is 5.11 Å². The van der Waals surface area contributed by atoms with Crippen LogP contribution in [-0.4, -0.2) is 5.11 Å². The van der Waals surface area contributed by atoms with Crippen LogP contribution in [0.1, 0.15) is 0 Å². The molecule has 0 saturated carbocycles. The molecule has 2 aromatic carbocycles. The maximum Gasteiger partial charge on any atom is 0.116 e. The lowest BCUT2D eigenvalue weighted by Gasteiger charge is -2.03. The van der Waals surface area contributed by atoms with Gasteiger partial charge >= 0.3 is 0 Å². The number of rotatable bonds is 1. The van der Waals surface area contributed by atoms with Crippen LogP contribution in [0.2, 0.25) is 5.02 Å². The summed E-state index contributed by atoms with van der Waals surface area (Å²) in [5.41, 5.74) is 1.77. The van der Waals surface area contributed by atoms with Gasteiger partial charge in [-0.15, -0.1) is 0 Å². The van der Waals surface area contributed by atoms with E-state index in [1.165, 1.54) is 0 Å². The predicted octanol–water partition coefficient (Wildman–Crippen LogP) is 3.51. The van der Waals surface area contributed by atoms with E-state index in [1.54, 1.807) is 24.3 Å². The van der Waals surface area contributed by atoms with Crippen LogP contribution < -0.4 is 0 Å². The number of hydrogen-bond donors (Lipinski definition) is 1. The maximum absolute atomic E-state index is 9.31. The molecule has 0 unspecified atom stereocenters. The maximum atomic E-state index is 9.31. The number of phenolic OH excluding ortho intramolecular Hbond substituents is 1. The van der Waals surface area contributed by atoms with E-state index in [2.05, 4.69) is 6.07 Å². The molecule has 0 saturated heterocycles. The molecule has 69 valence electrons. The molecule has 1 radical (unpaired) electrons. The van der Waals surface area contributed by atoms with E-state index in [1.807, 2.05) is 18.2 Å². The number of benzene rings is 2. The number of aromatic hydroxyl groups is 1. The van der Waals surface area contributed by atoms with Gasteiger partial charge in [0.2, 0.25) is 0 Å². The van der Waals surface area contributed by atoms with Crippen molar-refractivity contribution in [1.29, 1.82) is 0 Å². The van der Waals surface area contributed by atoms with Crippen molar-refractivity contribution in [3.05, 3.63) is 53.6 Å². The van der Waals surface area contributed by atoms with Crippen LogP contribution >= 0.6 is 11.6 Å². The molecule has 1 nitrogen and oxygen atoms in total. The molecule has 0 aromatic heterocycles. The largest absolute Gasteiger partial charge is 0.508 e. The van der Waals surface area contributed by atoms with Gasteiger partial charge in [0.05, 0.1) is 5.02 Å². The number of hydrogen-bond acceptors (Lipinski definition) is 1. The van der Waals surface area contributed by atoms with E-state index in [0.717, 1.165) is 11.1 Å². The molecule has 0 aliphatic carbocycles. The topological polar surface area (TPSA) is 20.2 Å². The second-order valence-corrected chi connectivity index (χ2v) is 3.33. The highest BCUT2D eigenvalue weighted by Crippen LogP contribution is 2.28. The highest BCUT2D eigenvalue weighted by atomic mass is 35.5. The third-order valence-electron chi connectivity index (χ3n) is 1.96. The lowest BCUT2D eigenvalue weighted by atomic mass is 10.1. The number of halogens is 1. The Morgan fingerprint density at radius 1 is 1.14 bits per heavy atom. The van der Waals surface area contributed by atoms with Crippen molar-refractivity contribution < 1.29 is 5.11 Å². The predicted molar refractivity (Wildman–Crippen MR) is 57.4 cm³/mol. The van der Waals surface area contributed by atoms with Crippen molar-refractivity contribution in [1.82, 2.24) is 0 Å². The van der Waals surface area contributed by atoms with Crippen LogP contribution in [-0.2, 0) is 0 Å². The van der Waals surface area contributed by atoms with Gasteiger partial charge in [-0.2, -0.15) is 0 Å². The fraction of sp³-hybridized carbons (Fsp3) is 0. The van der Waals surface area contributed by atoms with Crippen molar-refractivity contribution in [2.45, 2.75) is 0 Å². The Hall–Kier alpha value is -1.47. The smallest absolute Gasteiger partial charge is 0.116 e. The summed E-state index contributed by atoms with van der Waals surface area (Å²) in [5.74, 6) is 0.238. The number of phenols is 1. The average Bonchev–Trinajstić information content (AvgIpc) is 2.18. The fourth-order valence-corrected chi connectivity index (χ4v) is 1.55. The Bertz CT molecular complexity index is 452. The van der Waals surface area contributed by atoms with Gasteiger partial charge in [0.25, 0.3) is 0 Å². The molecule has 0 amide bonds. The summed E-state index contributed by atoms with van der Waals surface area (Å²) in [6, 6.07) is 15.4. The average molecular weight is 204 g/mol. The van der Waals surface area contributed by atoms with Gasteiger partial charge in [-0.05, 0) is 17.7 Å². The highest BCUT2D eigenvalue weighted by Gasteiger charge is 2.02. The summed E-state index contributed by atoms with van der Waals surface area (Å²) >= 11 is 5.97. The zero-order chi connectivity index (χ0) is 9.97. The molecular weight excluding hydrogens is 196 g/mol. The monoisotopic (exact) mass is 203 g/mol. The first-order valence-corrected chi connectivity index (χ1v) is 4.61. The first kappa shape index (κ1) is 9.10. The minimum absolute atomic E-state index is 0.238. The second kappa shape index (κ2) is 3.72. The minimum Gasteiger partial charge on any atom is -0.508 e. The zero-order valence-electron chi connectivity index (χ0n) is 7.37. The molecule has 2 aromatic rings. The van der Waals surface area contributed by atoms with Crippen LogP contribution in [0.3, 0.4) is 0 Å². The summed E-state index contributed by atoms with van der Waals surface area (Å²) in [7, 11) is 0. The Morgan fingerprint density at radius 3 is 2.71 bits per heavy atom. The van der Waals surface area contributed by atoms with Crippen LogP contribution in [0.25, 0.3) is 11.1 Å². The Labute approximate surface area is 87.6 Å². The molecule has 2 heteroatoms. The quantitative estimate of drug-likeness (QED) is 0.752. The third-order valence-corrected chi connectivity index (χ3v) is 2.28. The van der Waals surface area contributed by atoms with E-state index in [-0.39, 0.29) is 5.75 Å². The first-order chi connectivity index (χ1) is 6.77. The van der Waals surface area contributed by atoms with Crippen molar-refractivity contribution in [3.8, 4) is 16.9 Å². The van der Waals surface area contributed by atoms with Crippen LogP contribution in [0.15, 0.2) is 42.5 Å². The molecular formula is C12H8ClO. The van der Waals surface area contributed by atoms with Gasteiger partial charge in [-0.3, -0.25) is 0 Å². The van der Waals surface area contributed by atoms with E-state index in [0.29, 0.717) is 5.02 Å². The van der Waals surface area contributed by atoms with Gasteiger partial charge in [0.15, 0.2) is 0 Å². The molecule has 0 fully saturated rings. The van der Waals surface area contributed by atoms with Crippen molar-refractivity contribution in [2.75, 3.05) is 0 Å². The van der Waals surface area contributed by atoms with Gasteiger partial charge in [0.1, 0.15) is 5.75 Å². The Kier molecular flexibility index (Phi) is 2.42. The summed E-state index contributed by atoms with van der Waals surface area (Å²) in [5, 5.41) is 9.88. The second-order valence-electron chi connectivity index (χ2n) is 2.95. The van der Waals surface area contributed by atoms with Gasteiger partial charge in [-0.25, -0.2) is 0 Å².